The van der Waals surface area contributed by atoms with E-state index in [9.17, 15) is 14.4 Å². The zero-order chi connectivity index (χ0) is 24.9. The fourth-order valence-electron chi connectivity index (χ4n) is 4.15. The first-order valence-corrected chi connectivity index (χ1v) is 11.7. The number of aromatic nitrogens is 1. The molecular weight excluding hydrogens is 432 g/mol. The predicted molar refractivity (Wildman–Crippen MR) is 132 cm³/mol. The molecule has 0 saturated heterocycles. The van der Waals surface area contributed by atoms with E-state index < -0.39 is 5.41 Å². The van der Waals surface area contributed by atoms with Gasteiger partial charge in [-0.15, -0.1) is 0 Å². The number of benzene rings is 1. The number of hydrogen-bond acceptors (Lipinski definition) is 5. The molecule has 0 aliphatic carbocycles. The van der Waals surface area contributed by atoms with Crippen molar-refractivity contribution in [2.24, 2.45) is 5.41 Å². The Kier molecular flexibility index (Phi) is 7.91. The summed E-state index contributed by atoms with van der Waals surface area (Å²) in [4.78, 5) is 47.1. The number of carbonyl (C=O) groups is 3. The van der Waals surface area contributed by atoms with Crippen molar-refractivity contribution in [2.75, 3.05) is 43.1 Å². The van der Waals surface area contributed by atoms with E-state index in [1.54, 1.807) is 45.0 Å². The molecule has 3 amide bonds. The molecule has 0 spiro atoms. The van der Waals surface area contributed by atoms with Gasteiger partial charge in [-0.3, -0.25) is 19.4 Å². The van der Waals surface area contributed by atoms with Crippen LogP contribution in [-0.4, -0.2) is 60.9 Å². The van der Waals surface area contributed by atoms with Gasteiger partial charge < -0.3 is 19.4 Å². The van der Waals surface area contributed by atoms with Crippen LogP contribution < -0.4 is 14.5 Å². The van der Waals surface area contributed by atoms with Crippen molar-refractivity contribution in [3.63, 3.8) is 0 Å². The fraction of sp³-hybridized carbons (Fsp3) is 0.462. The van der Waals surface area contributed by atoms with Crippen LogP contribution in [0.15, 0.2) is 42.7 Å². The van der Waals surface area contributed by atoms with Gasteiger partial charge in [-0.05, 0) is 57.4 Å². The molecule has 1 aromatic heterocycles. The van der Waals surface area contributed by atoms with Crippen molar-refractivity contribution in [3.8, 4) is 5.75 Å². The van der Waals surface area contributed by atoms with E-state index in [1.807, 2.05) is 42.3 Å². The lowest BCUT2D eigenvalue weighted by Crippen LogP contribution is -2.47. The Bertz CT molecular complexity index is 1040. The van der Waals surface area contributed by atoms with Gasteiger partial charge in [-0.25, -0.2) is 0 Å². The van der Waals surface area contributed by atoms with Crippen LogP contribution in [0.1, 0.15) is 39.7 Å². The maximum atomic E-state index is 13.0. The van der Waals surface area contributed by atoms with Gasteiger partial charge in [-0.2, -0.15) is 0 Å². The molecule has 0 unspecified atom stereocenters. The number of carbonyl (C=O) groups excluding carboxylic acids is 3. The van der Waals surface area contributed by atoms with Gasteiger partial charge in [0.2, 0.25) is 17.7 Å². The highest BCUT2D eigenvalue weighted by Gasteiger charge is 2.45. The van der Waals surface area contributed by atoms with Crippen molar-refractivity contribution in [1.82, 2.24) is 9.88 Å². The molecule has 2 aromatic rings. The standard InChI is InChI=1S/C26H34N4O4/c1-6-30-22-11-10-21(17-23(22)28(5)24(32)26(3,4)25(30)33)34-16-8-14-29(19(2)31)15-12-20-9-7-13-27-18-20/h7,9-11,13,17-18H,6,8,12,14-16H2,1-5H3. The zero-order valence-corrected chi connectivity index (χ0v) is 20.7. The highest BCUT2D eigenvalue weighted by atomic mass is 16.5. The number of anilines is 2. The van der Waals surface area contributed by atoms with Crippen LogP contribution in [0.25, 0.3) is 0 Å². The summed E-state index contributed by atoms with van der Waals surface area (Å²) in [5.74, 6) is 0.180. The second-order valence-corrected chi connectivity index (χ2v) is 9.01. The number of ether oxygens (including phenoxy) is 1. The maximum Gasteiger partial charge on any atom is 0.242 e. The molecule has 8 nitrogen and oxygen atoms in total. The molecule has 0 fully saturated rings. The molecular formula is C26H34N4O4. The van der Waals surface area contributed by atoms with Gasteiger partial charge >= 0.3 is 0 Å². The normalized spacial score (nSPS) is 15.1. The van der Waals surface area contributed by atoms with E-state index in [1.165, 1.54) is 4.90 Å². The summed E-state index contributed by atoms with van der Waals surface area (Å²) in [6.45, 7) is 8.91. The molecule has 1 aliphatic rings. The third-order valence-electron chi connectivity index (χ3n) is 6.21. The summed E-state index contributed by atoms with van der Waals surface area (Å²) in [6, 6.07) is 9.34. The molecule has 1 aliphatic heterocycles. The number of rotatable bonds is 9. The Morgan fingerprint density at radius 1 is 1.12 bits per heavy atom. The van der Waals surface area contributed by atoms with E-state index in [0.717, 1.165) is 12.0 Å². The minimum absolute atomic E-state index is 0.0287. The van der Waals surface area contributed by atoms with Crippen LogP contribution in [-0.2, 0) is 20.8 Å². The molecule has 0 N–H and O–H groups in total. The Morgan fingerprint density at radius 3 is 2.53 bits per heavy atom. The van der Waals surface area contributed by atoms with Crippen LogP contribution in [0, 0.1) is 5.41 Å². The Labute approximate surface area is 201 Å². The highest BCUT2D eigenvalue weighted by Crippen LogP contribution is 2.40. The van der Waals surface area contributed by atoms with Crippen molar-refractivity contribution >= 4 is 29.1 Å². The van der Waals surface area contributed by atoms with E-state index in [4.69, 9.17) is 4.74 Å². The number of hydrogen-bond donors (Lipinski definition) is 0. The van der Waals surface area contributed by atoms with Crippen LogP contribution in [0.5, 0.6) is 5.75 Å². The first-order valence-electron chi connectivity index (χ1n) is 11.7. The zero-order valence-electron chi connectivity index (χ0n) is 20.7. The van der Waals surface area contributed by atoms with Gasteiger partial charge in [0.1, 0.15) is 11.2 Å². The summed E-state index contributed by atoms with van der Waals surface area (Å²) in [5.41, 5.74) is 1.29. The Morgan fingerprint density at radius 2 is 1.88 bits per heavy atom. The van der Waals surface area contributed by atoms with E-state index in [0.29, 0.717) is 49.8 Å². The molecule has 34 heavy (non-hydrogen) atoms. The number of pyridine rings is 1. The minimum Gasteiger partial charge on any atom is -0.493 e. The second kappa shape index (κ2) is 10.7. The van der Waals surface area contributed by atoms with Crippen LogP contribution in [0.4, 0.5) is 11.4 Å². The summed E-state index contributed by atoms with van der Waals surface area (Å²) >= 11 is 0. The molecule has 2 heterocycles. The second-order valence-electron chi connectivity index (χ2n) is 9.01. The number of nitrogens with zero attached hydrogens (tertiary/aromatic N) is 4. The largest absolute Gasteiger partial charge is 0.493 e. The monoisotopic (exact) mass is 466 g/mol. The molecule has 3 rings (SSSR count). The summed E-state index contributed by atoms with van der Waals surface area (Å²) in [5, 5.41) is 0. The highest BCUT2D eigenvalue weighted by molar-refractivity contribution is 6.20. The smallest absolute Gasteiger partial charge is 0.242 e. The van der Waals surface area contributed by atoms with Crippen LogP contribution in [0.3, 0.4) is 0 Å². The lowest BCUT2D eigenvalue weighted by molar-refractivity contribution is -0.137. The topological polar surface area (TPSA) is 83.1 Å². The average Bonchev–Trinajstić information content (AvgIpc) is 2.88. The van der Waals surface area contributed by atoms with Gasteiger partial charge in [0, 0.05) is 52.1 Å². The van der Waals surface area contributed by atoms with E-state index in [2.05, 4.69) is 4.98 Å². The quantitative estimate of drug-likeness (QED) is 0.418. The molecule has 0 radical (unpaired) electrons. The average molecular weight is 467 g/mol. The van der Waals surface area contributed by atoms with Crippen molar-refractivity contribution in [2.45, 2.75) is 40.5 Å². The third kappa shape index (κ3) is 5.38. The molecule has 0 bridgehead atoms. The molecule has 8 heteroatoms. The van der Waals surface area contributed by atoms with Crippen molar-refractivity contribution in [1.29, 1.82) is 0 Å². The fourth-order valence-corrected chi connectivity index (χ4v) is 4.15. The lowest BCUT2D eigenvalue weighted by Gasteiger charge is -2.27. The molecule has 0 atom stereocenters. The van der Waals surface area contributed by atoms with Crippen LogP contribution >= 0.6 is 0 Å². The van der Waals surface area contributed by atoms with Gasteiger partial charge in [0.15, 0.2) is 0 Å². The summed E-state index contributed by atoms with van der Waals surface area (Å²) < 4.78 is 5.95. The first-order chi connectivity index (χ1) is 16.2. The van der Waals surface area contributed by atoms with Crippen LogP contribution in [0.2, 0.25) is 0 Å². The predicted octanol–water partition coefficient (Wildman–Crippen LogP) is 3.30. The minimum atomic E-state index is -1.14. The Hall–Kier alpha value is -3.42. The van der Waals surface area contributed by atoms with Crippen molar-refractivity contribution in [3.05, 3.63) is 48.3 Å². The van der Waals surface area contributed by atoms with E-state index >= 15 is 0 Å². The van der Waals surface area contributed by atoms with E-state index in [-0.39, 0.29) is 17.7 Å². The first kappa shape index (κ1) is 25.2. The third-order valence-corrected chi connectivity index (χ3v) is 6.21. The van der Waals surface area contributed by atoms with Gasteiger partial charge in [-0.1, -0.05) is 6.07 Å². The number of amides is 3. The molecule has 182 valence electrons. The SMILES string of the molecule is CCN1C(=O)C(C)(C)C(=O)N(C)c2cc(OCCCN(CCc3cccnc3)C(C)=O)ccc21. The summed E-state index contributed by atoms with van der Waals surface area (Å²) in [7, 11) is 1.69. The Balaban J connectivity index is 1.63. The molecule has 0 saturated carbocycles. The number of fused-ring (bicyclic) bond motifs is 1. The van der Waals surface area contributed by atoms with Gasteiger partial charge in [0.05, 0.1) is 18.0 Å². The van der Waals surface area contributed by atoms with Crippen molar-refractivity contribution < 1.29 is 19.1 Å². The lowest BCUT2D eigenvalue weighted by atomic mass is 9.90. The molecule has 1 aromatic carbocycles. The summed E-state index contributed by atoms with van der Waals surface area (Å²) in [6.07, 6.45) is 4.97. The van der Waals surface area contributed by atoms with Gasteiger partial charge in [0.25, 0.3) is 0 Å². The maximum absolute atomic E-state index is 13.0.